The van der Waals surface area contributed by atoms with Crippen LogP contribution >= 0.6 is 0 Å². The summed E-state index contributed by atoms with van der Waals surface area (Å²) in [5, 5.41) is 0. The molecular formula is C16H24N4O. The third kappa shape index (κ3) is 3.19. The number of rotatable bonds is 3. The molecule has 1 aromatic rings. The number of likely N-dealkylation sites (N-methyl/N-ethyl adjacent to an activating group) is 1. The molecule has 1 atom stereocenters. The molecule has 0 saturated carbocycles. The topological polar surface area (TPSA) is 52.8 Å². The van der Waals surface area contributed by atoms with Gasteiger partial charge < -0.3 is 15.5 Å². The van der Waals surface area contributed by atoms with Crippen molar-refractivity contribution in [1.29, 1.82) is 0 Å². The number of carbonyl (C=O) groups excluding carboxylic acids is 1. The largest absolute Gasteiger partial charge is 0.399 e. The van der Waals surface area contributed by atoms with Gasteiger partial charge in [0.05, 0.1) is 6.04 Å². The zero-order valence-corrected chi connectivity index (χ0v) is 12.7. The first-order valence-electron chi connectivity index (χ1n) is 7.72. The Morgan fingerprint density at radius 2 is 1.81 bits per heavy atom. The Kier molecular flexibility index (Phi) is 4.12. The minimum atomic E-state index is 0.235. The van der Waals surface area contributed by atoms with Gasteiger partial charge in [-0.1, -0.05) is 0 Å². The smallest absolute Gasteiger partial charge is 0.227 e. The van der Waals surface area contributed by atoms with Gasteiger partial charge in [0.1, 0.15) is 0 Å². The van der Waals surface area contributed by atoms with Crippen LogP contribution in [-0.2, 0) is 4.79 Å². The number of carbonyl (C=O) groups is 1. The molecule has 2 heterocycles. The van der Waals surface area contributed by atoms with Crippen molar-refractivity contribution in [3.63, 3.8) is 0 Å². The van der Waals surface area contributed by atoms with Crippen molar-refractivity contribution >= 4 is 17.3 Å². The van der Waals surface area contributed by atoms with Gasteiger partial charge in [-0.15, -0.1) is 0 Å². The molecule has 2 fully saturated rings. The Morgan fingerprint density at radius 3 is 2.48 bits per heavy atom. The number of nitrogen functional groups attached to an aromatic ring is 1. The van der Waals surface area contributed by atoms with Gasteiger partial charge in [-0.25, -0.2) is 0 Å². The van der Waals surface area contributed by atoms with E-state index in [0.29, 0.717) is 12.5 Å². The van der Waals surface area contributed by atoms with Crippen LogP contribution in [-0.4, -0.2) is 61.5 Å². The molecule has 114 valence electrons. The van der Waals surface area contributed by atoms with Crippen molar-refractivity contribution in [2.24, 2.45) is 0 Å². The maximum Gasteiger partial charge on any atom is 0.227 e. The summed E-state index contributed by atoms with van der Waals surface area (Å²) in [5.74, 6) is 0.235. The molecule has 0 bridgehead atoms. The van der Waals surface area contributed by atoms with Crippen molar-refractivity contribution in [2.45, 2.75) is 18.9 Å². The molecule has 2 aliphatic heterocycles. The fraction of sp³-hybridized carbons (Fsp3) is 0.562. The summed E-state index contributed by atoms with van der Waals surface area (Å²) in [6.07, 6.45) is 1.61. The lowest BCUT2D eigenvalue weighted by Crippen LogP contribution is -2.49. The summed E-state index contributed by atoms with van der Waals surface area (Å²) in [6, 6.07) is 7.94. The normalized spacial score (nSPS) is 24.7. The fourth-order valence-electron chi connectivity index (χ4n) is 3.23. The van der Waals surface area contributed by atoms with Gasteiger partial charge in [-0.05, 0) is 37.7 Å². The number of nitrogens with two attached hydrogens (primary N) is 1. The van der Waals surface area contributed by atoms with Crippen LogP contribution in [0.15, 0.2) is 24.3 Å². The summed E-state index contributed by atoms with van der Waals surface area (Å²) in [6.45, 7) is 5.39. The van der Waals surface area contributed by atoms with Crippen LogP contribution in [0.5, 0.6) is 0 Å². The molecule has 2 aliphatic rings. The second-order valence-corrected chi connectivity index (χ2v) is 6.15. The highest BCUT2D eigenvalue weighted by atomic mass is 16.2. The lowest BCUT2D eigenvalue weighted by Gasteiger charge is -2.36. The number of nitrogens with zero attached hydrogens (tertiary/aromatic N) is 3. The molecule has 0 spiro atoms. The van der Waals surface area contributed by atoms with Gasteiger partial charge in [0.15, 0.2) is 0 Å². The van der Waals surface area contributed by atoms with Gasteiger partial charge in [-0.3, -0.25) is 9.69 Å². The highest BCUT2D eigenvalue weighted by molar-refractivity contribution is 5.96. The van der Waals surface area contributed by atoms with E-state index in [1.165, 1.54) is 0 Å². The first kappa shape index (κ1) is 14.4. The summed E-state index contributed by atoms with van der Waals surface area (Å²) < 4.78 is 0. The van der Waals surface area contributed by atoms with E-state index in [1.54, 1.807) is 0 Å². The molecule has 2 N–H and O–H groups in total. The number of anilines is 2. The standard InChI is InChI=1S/C16H24N4O/c1-18-8-10-19(11-9-18)12-15-6-7-16(21)20(15)14-4-2-13(17)3-5-14/h2-5,15H,6-12,17H2,1H3/t15-/m0/s1. The van der Waals surface area contributed by atoms with Gasteiger partial charge in [0.2, 0.25) is 5.91 Å². The lowest BCUT2D eigenvalue weighted by molar-refractivity contribution is -0.117. The van der Waals surface area contributed by atoms with Crippen LogP contribution in [0.3, 0.4) is 0 Å². The van der Waals surface area contributed by atoms with Gasteiger partial charge in [0, 0.05) is 50.5 Å². The van der Waals surface area contributed by atoms with E-state index in [0.717, 1.165) is 50.5 Å². The summed E-state index contributed by atoms with van der Waals surface area (Å²) in [5.41, 5.74) is 7.46. The van der Waals surface area contributed by atoms with E-state index in [9.17, 15) is 4.79 Å². The molecule has 0 radical (unpaired) electrons. The van der Waals surface area contributed by atoms with E-state index < -0.39 is 0 Å². The first-order chi connectivity index (χ1) is 10.1. The maximum absolute atomic E-state index is 12.2. The van der Waals surface area contributed by atoms with Crippen molar-refractivity contribution in [2.75, 3.05) is 50.4 Å². The Labute approximate surface area is 126 Å². The van der Waals surface area contributed by atoms with Crippen molar-refractivity contribution in [3.05, 3.63) is 24.3 Å². The van der Waals surface area contributed by atoms with E-state index in [2.05, 4.69) is 16.8 Å². The zero-order chi connectivity index (χ0) is 14.8. The molecule has 21 heavy (non-hydrogen) atoms. The molecule has 3 rings (SSSR count). The molecule has 0 aromatic heterocycles. The lowest BCUT2D eigenvalue weighted by atomic mass is 10.1. The summed E-state index contributed by atoms with van der Waals surface area (Å²) in [7, 11) is 2.16. The molecule has 5 heteroatoms. The Bertz CT molecular complexity index is 494. The van der Waals surface area contributed by atoms with Crippen LogP contribution in [0.1, 0.15) is 12.8 Å². The van der Waals surface area contributed by atoms with Gasteiger partial charge in [-0.2, -0.15) is 0 Å². The van der Waals surface area contributed by atoms with Gasteiger partial charge >= 0.3 is 0 Å². The quantitative estimate of drug-likeness (QED) is 0.844. The number of piperazine rings is 1. The van der Waals surface area contributed by atoms with Crippen molar-refractivity contribution in [1.82, 2.24) is 9.80 Å². The Morgan fingerprint density at radius 1 is 1.14 bits per heavy atom. The van der Waals surface area contributed by atoms with Crippen LogP contribution < -0.4 is 10.6 Å². The van der Waals surface area contributed by atoms with Crippen molar-refractivity contribution < 1.29 is 4.79 Å². The second-order valence-electron chi connectivity index (χ2n) is 6.15. The maximum atomic E-state index is 12.2. The van der Waals surface area contributed by atoms with E-state index in [4.69, 9.17) is 5.73 Å². The minimum absolute atomic E-state index is 0.235. The van der Waals surface area contributed by atoms with E-state index >= 15 is 0 Å². The van der Waals surface area contributed by atoms with Crippen LogP contribution in [0.4, 0.5) is 11.4 Å². The number of hydrogen-bond donors (Lipinski definition) is 1. The minimum Gasteiger partial charge on any atom is -0.399 e. The predicted molar refractivity (Wildman–Crippen MR) is 85.3 cm³/mol. The molecule has 5 nitrogen and oxygen atoms in total. The average molecular weight is 288 g/mol. The fourth-order valence-corrected chi connectivity index (χ4v) is 3.23. The van der Waals surface area contributed by atoms with E-state index in [1.807, 2.05) is 29.2 Å². The highest BCUT2D eigenvalue weighted by Crippen LogP contribution is 2.28. The average Bonchev–Trinajstić information content (AvgIpc) is 2.83. The molecule has 0 aliphatic carbocycles. The number of amides is 1. The van der Waals surface area contributed by atoms with Gasteiger partial charge in [0.25, 0.3) is 0 Å². The van der Waals surface area contributed by atoms with Crippen LogP contribution in [0.25, 0.3) is 0 Å². The first-order valence-corrected chi connectivity index (χ1v) is 7.72. The highest BCUT2D eigenvalue weighted by Gasteiger charge is 2.33. The number of hydrogen-bond acceptors (Lipinski definition) is 4. The molecule has 1 aromatic carbocycles. The Balaban J connectivity index is 1.69. The van der Waals surface area contributed by atoms with Crippen molar-refractivity contribution in [3.8, 4) is 0 Å². The number of benzene rings is 1. The van der Waals surface area contributed by atoms with Crippen LogP contribution in [0.2, 0.25) is 0 Å². The molecular weight excluding hydrogens is 264 g/mol. The zero-order valence-electron chi connectivity index (χ0n) is 12.7. The molecule has 2 saturated heterocycles. The summed E-state index contributed by atoms with van der Waals surface area (Å²) >= 11 is 0. The molecule has 0 unspecified atom stereocenters. The SMILES string of the molecule is CN1CCN(C[C@@H]2CCC(=O)N2c2ccc(N)cc2)CC1. The molecule has 1 amide bonds. The van der Waals surface area contributed by atoms with E-state index in [-0.39, 0.29) is 5.91 Å². The predicted octanol–water partition coefficient (Wildman–Crippen LogP) is 1.01. The third-order valence-electron chi connectivity index (χ3n) is 4.56. The van der Waals surface area contributed by atoms with Crippen LogP contribution in [0, 0.1) is 0 Å². The third-order valence-corrected chi connectivity index (χ3v) is 4.56. The summed E-state index contributed by atoms with van der Waals surface area (Å²) in [4.78, 5) is 19.0. The Hall–Kier alpha value is -1.59. The monoisotopic (exact) mass is 288 g/mol. The second kappa shape index (κ2) is 6.03.